The monoisotopic (exact) mass is 172 g/mol. The van der Waals surface area contributed by atoms with E-state index in [4.69, 9.17) is 0 Å². The molecule has 6 atom stereocenters. The molecular weight excluding hydrogens is 156 g/mol. The summed E-state index contributed by atoms with van der Waals surface area (Å²) in [6, 6.07) is 0. The first-order chi connectivity index (χ1) is 5.61. The largest absolute Gasteiger partial charge is 0.393 e. The number of aliphatic hydroxyl groups excluding tert-OH is 3. The minimum Gasteiger partial charge on any atom is -0.393 e. The van der Waals surface area contributed by atoms with Gasteiger partial charge in [0.1, 0.15) is 0 Å². The number of hydrogen-bond acceptors (Lipinski definition) is 3. The third-order valence-corrected chi connectivity index (χ3v) is 3.53. The van der Waals surface area contributed by atoms with Crippen LogP contribution in [0.3, 0.4) is 0 Å². The van der Waals surface area contributed by atoms with Crippen molar-refractivity contribution in [1.82, 2.24) is 0 Å². The van der Waals surface area contributed by atoms with E-state index in [9.17, 15) is 15.3 Å². The standard InChI is InChI=1S/C9H16O3/c1-4-2-5(10)9-7(12)3-6(11)8(4)9/h4-12H,2-3H2,1H3. The van der Waals surface area contributed by atoms with E-state index in [0.29, 0.717) is 12.3 Å². The Hall–Kier alpha value is -0.120. The van der Waals surface area contributed by atoms with Crippen molar-refractivity contribution in [3.05, 3.63) is 0 Å². The van der Waals surface area contributed by atoms with E-state index in [0.717, 1.165) is 6.42 Å². The van der Waals surface area contributed by atoms with Gasteiger partial charge in [-0.2, -0.15) is 0 Å². The summed E-state index contributed by atoms with van der Waals surface area (Å²) >= 11 is 0. The van der Waals surface area contributed by atoms with Crippen LogP contribution in [-0.2, 0) is 0 Å². The predicted molar refractivity (Wildman–Crippen MR) is 43.4 cm³/mol. The fourth-order valence-corrected chi connectivity index (χ4v) is 3.04. The smallest absolute Gasteiger partial charge is 0.0621 e. The molecule has 0 bridgehead atoms. The summed E-state index contributed by atoms with van der Waals surface area (Å²) in [5.41, 5.74) is 0. The SMILES string of the molecule is CC1CC(O)C2C(O)CC(O)C12. The van der Waals surface area contributed by atoms with E-state index in [1.807, 2.05) is 6.92 Å². The summed E-state index contributed by atoms with van der Waals surface area (Å²) in [6.07, 6.45) is -0.139. The Morgan fingerprint density at radius 1 is 0.833 bits per heavy atom. The van der Waals surface area contributed by atoms with Gasteiger partial charge < -0.3 is 15.3 Å². The van der Waals surface area contributed by atoms with E-state index in [2.05, 4.69) is 0 Å². The molecule has 0 aliphatic heterocycles. The van der Waals surface area contributed by atoms with Gasteiger partial charge in [-0.25, -0.2) is 0 Å². The van der Waals surface area contributed by atoms with Gasteiger partial charge in [-0.15, -0.1) is 0 Å². The summed E-state index contributed by atoms with van der Waals surface area (Å²) in [5.74, 6) is 0.391. The summed E-state index contributed by atoms with van der Waals surface area (Å²) in [4.78, 5) is 0. The van der Waals surface area contributed by atoms with Crippen LogP contribution >= 0.6 is 0 Å². The molecule has 0 aromatic carbocycles. The molecule has 0 radical (unpaired) electrons. The van der Waals surface area contributed by atoms with E-state index in [1.165, 1.54) is 0 Å². The molecule has 2 rings (SSSR count). The van der Waals surface area contributed by atoms with E-state index < -0.39 is 18.3 Å². The van der Waals surface area contributed by atoms with Crippen molar-refractivity contribution in [3.63, 3.8) is 0 Å². The molecule has 70 valence electrons. The van der Waals surface area contributed by atoms with Crippen molar-refractivity contribution < 1.29 is 15.3 Å². The average Bonchev–Trinajstić information content (AvgIpc) is 2.38. The van der Waals surface area contributed by atoms with Gasteiger partial charge in [0, 0.05) is 5.92 Å². The van der Waals surface area contributed by atoms with Crippen molar-refractivity contribution in [2.24, 2.45) is 17.8 Å². The molecule has 3 heteroatoms. The van der Waals surface area contributed by atoms with Crippen LogP contribution in [0.15, 0.2) is 0 Å². The van der Waals surface area contributed by atoms with E-state index in [1.54, 1.807) is 0 Å². The third kappa shape index (κ3) is 1.00. The van der Waals surface area contributed by atoms with Crippen molar-refractivity contribution in [2.75, 3.05) is 0 Å². The van der Waals surface area contributed by atoms with Gasteiger partial charge in [-0.05, 0) is 24.7 Å². The average molecular weight is 172 g/mol. The molecule has 0 aromatic rings. The van der Waals surface area contributed by atoms with E-state index in [-0.39, 0.29) is 11.8 Å². The van der Waals surface area contributed by atoms with Gasteiger partial charge >= 0.3 is 0 Å². The van der Waals surface area contributed by atoms with Crippen LogP contribution in [-0.4, -0.2) is 33.6 Å². The lowest BCUT2D eigenvalue weighted by atomic mass is 9.91. The Bertz CT molecular complexity index is 147. The van der Waals surface area contributed by atoms with Crippen LogP contribution in [0.1, 0.15) is 19.8 Å². The summed E-state index contributed by atoms with van der Waals surface area (Å²) < 4.78 is 0. The molecule has 0 amide bonds. The normalized spacial score (nSPS) is 59.0. The van der Waals surface area contributed by atoms with Gasteiger partial charge in [0.25, 0.3) is 0 Å². The van der Waals surface area contributed by atoms with Gasteiger partial charge in [0.2, 0.25) is 0 Å². The molecule has 2 saturated carbocycles. The van der Waals surface area contributed by atoms with Crippen LogP contribution < -0.4 is 0 Å². The second-order valence-corrected chi connectivity index (χ2v) is 4.31. The van der Waals surface area contributed by atoms with Gasteiger partial charge in [0.15, 0.2) is 0 Å². The van der Waals surface area contributed by atoms with Crippen LogP contribution in [0, 0.1) is 17.8 Å². The zero-order chi connectivity index (χ0) is 8.88. The molecular formula is C9H16O3. The topological polar surface area (TPSA) is 60.7 Å². The number of aliphatic hydroxyl groups is 3. The van der Waals surface area contributed by atoms with Crippen molar-refractivity contribution in [2.45, 2.75) is 38.1 Å². The highest BCUT2D eigenvalue weighted by Gasteiger charge is 2.52. The first-order valence-corrected chi connectivity index (χ1v) is 4.65. The maximum atomic E-state index is 9.59. The molecule has 0 saturated heterocycles. The summed E-state index contributed by atoms with van der Waals surface area (Å²) in [7, 11) is 0. The Kier molecular flexibility index (Phi) is 1.90. The highest BCUT2D eigenvalue weighted by molar-refractivity contribution is 5.01. The quantitative estimate of drug-likeness (QED) is 0.472. The first kappa shape index (κ1) is 8.48. The number of fused-ring (bicyclic) bond motifs is 1. The van der Waals surface area contributed by atoms with Crippen molar-refractivity contribution >= 4 is 0 Å². The molecule has 2 aliphatic rings. The fraction of sp³-hybridized carbons (Fsp3) is 1.00. The van der Waals surface area contributed by atoms with E-state index >= 15 is 0 Å². The molecule has 0 aromatic heterocycles. The molecule has 2 aliphatic carbocycles. The molecule has 6 unspecified atom stereocenters. The minimum atomic E-state index is -0.495. The second kappa shape index (κ2) is 2.69. The zero-order valence-corrected chi connectivity index (χ0v) is 7.22. The molecule has 0 spiro atoms. The van der Waals surface area contributed by atoms with Crippen LogP contribution in [0.2, 0.25) is 0 Å². The Balaban J connectivity index is 2.20. The lowest BCUT2D eigenvalue weighted by Gasteiger charge is -2.18. The minimum absolute atomic E-state index is 0.0741. The lowest BCUT2D eigenvalue weighted by Crippen LogP contribution is -2.26. The van der Waals surface area contributed by atoms with Gasteiger partial charge in [-0.1, -0.05) is 6.92 Å². The second-order valence-electron chi connectivity index (χ2n) is 4.31. The van der Waals surface area contributed by atoms with Crippen LogP contribution in [0.4, 0.5) is 0 Å². The van der Waals surface area contributed by atoms with Crippen molar-refractivity contribution in [1.29, 1.82) is 0 Å². The molecule has 0 heterocycles. The summed E-state index contributed by atoms with van der Waals surface area (Å²) in [6.45, 7) is 2.04. The van der Waals surface area contributed by atoms with Crippen molar-refractivity contribution in [3.8, 4) is 0 Å². The zero-order valence-electron chi connectivity index (χ0n) is 7.22. The lowest BCUT2D eigenvalue weighted by molar-refractivity contribution is 0.0398. The Morgan fingerprint density at radius 2 is 1.33 bits per heavy atom. The number of rotatable bonds is 0. The predicted octanol–water partition coefficient (Wildman–Crippen LogP) is -0.255. The van der Waals surface area contributed by atoms with Gasteiger partial charge in [0.05, 0.1) is 18.3 Å². The van der Waals surface area contributed by atoms with Crippen LogP contribution in [0.25, 0.3) is 0 Å². The molecule has 3 N–H and O–H groups in total. The molecule has 2 fully saturated rings. The maximum absolute atomic E-state index is 9.59. The van der Waals surface area contributed by atoms with Gasteiger partial charge in [-0.3, -0.25) is 0 Å². The molecule has 3 nitrogen and oxygen atoms in total. The summed E-state index contributed by atoms with van der Waals surface area (Å²) in [5, 5.41) is 28.7. The first-order valence-electron chi connectivity index (χ1n) is 4.65. The molecule has 12 heavy (non-hydrogen) atoms. The Labute approximate surface area is 72.0 Å². The maximum Gasteiger partial charge on any atom is 0.0621 e. The Morgan fingerprint density at radius 3 is 1.92 bits per heavy atom. The number of hydrogen-bond donors (Lipinski definition) is 3. The highest BCUT2D eigenvalue weighted by atomic mass is 16.3. The third-order valence-electron chi connectivity index (χ3n) is 3.53. The fourth-order valence-electron chi connectivity index (χ4n) is 3.04. The van der Waals surface area contributed by atoms with Crippen LogP contribution in [0.5, 0.6) is 0 Å². The highest BCUT2D eigenvalue weighted by Crippen LogP contribution is 2.47.